The summed E-state index contributed by atoms with van der Waals surface area (Å²) in [5.74, 6) is 0.652. The molecule has 2 saturated heterocycles. The van der Waals surface area contributed by atoms with Crippen molar-refractivity contribution in [2.45, 2.75) is 88.1 Å². The summed E-state index contributed by atoms with van der Waals surface area (Å²) >= 11 is 0. The number of hydrogen-bond acceptors (Lipinski definition) is 14. The minimum Gasteiger partial charge on any atom is -0.387 e. The van der Waals surface area contributed by atoms with Crippen LogP contribution in [0.1, 0.15) is 51.9 Å². The van der Waals surface area contributed by atoms with E-state index in [2.05, 4.69) is 29.9 Å². The molecule has 2 aliphatic rings. The third-order valence-corrected chi connectivity index (χ3v) is 8.02. The number of anilines is 2. The second-order valence-electron chi connectivity index (χ2n) is 10.8. The number of rotatable bonds is 6. The van der Waals surface area contributed by atoms with Gasteiger partial charge in [-0.25, -0.2) is 29.9 Å². The number of imidazole rings is 2. The number of aryl methyl sites for hydroxylation is 1. The molecule has 0 aliphatic carbocycles. The summed E-state index contributed by atoms with van der Waals surface area (Å²) in [7, 11) is 0. The Labute approximate surface area is 227 Å². The van der Waals surface area contributed by atoms with Crippen molar-refractivity contribution in [1.29, 1.82) is 0 Å². The van der Waals surface area contributed by atoms with E-state index in [9.17, 15) is 20.4 Å². The van der Waals surface area contributed by atoms with E-state index >= 15 is 0 Å². The Bertz CT molecular complexity index is 1570. The van der Waals surface area contributed by atoms with Crippen LogP contribution in [0.3, 0.4) is 0 Å². The van der Waals surface area contributed by atoms with Crippen LogP contribution in [0.5, 0.6) is 0 Å². The Hall–Kier alpha value is -3.54. The summed E-state index contributed by atoms with van der Waals surface area (Å²) < 4.78 is 15.1. The smallest absolute Gasteiger partial charge is 0.168 e. The third-order valence-electron chi connectivity index (χ3n) is 8.02. The van der Waals surface area contributed by atoms with Gasteiger partial charge in [-0.3, -0.25) is 9.13 Å². The first-order valence-corrected chi connectivity index (χ1v) is 13.0. The highest BCUT2D eigenvalue weighted by molar-refractivity contribution is 5.82. The number of fused-ring (bicyclic) bond motifs is 2. The number of nitrogens with zero attached hydrogens (tertiary/aromatic N) is 8. The largest absolute Gasteiger partial charge is 0.387 e. The molecule has 16 nitrogen and oxygen atoms in total. The zero-order valence-electron chi connectivity index (χ0n) is 22.2. The molecule has 0 aromatic carbocycles. The summed E-state index contributed by atoms with van der Waals surface area (Å²) in [6, 6.07) is 0. The van der Waals surface area contributed by atoms with Gasteiger partial charge in [0.15, 0.2) is 35.4 Å². The maximum absolute atomic E-state index is 11.2. The van der Waals surface area contributed by atoms with Crippen LogP contribution in [0, 0.1) is 0 Å². The fourth-order valence-corrected chi connectivity index (χ4v) is 5.59. The number of aliphatic hydroxyl groups is 4. The molecule has 0 spiro atoms. The number of hydrogen-bond donors (Lipinski definition) is 6. The van der Waals surface area contributed by atoms with Gasteiger partial charge in [0, 0.05) is 6.42 Å². The van der Waals surface area contributed by atoms with Crippen molar-refractivity contribution in [2.24, 2.45) is 0 Å². The van der Waals surface area contributed by atoms with Crippen LogP contribution in [0.25, 0.3) is 22.3 Å². The first-order valence-electron chi connectivity index (χ1n) is 13.0. The van der Waals surface area contributed by atoms with Gasteiger partial charge < -0.3 is 41.4 Å². The molecule has 8 N–H and O–H groups in total. The van der Waals surface area contributed by atoms with E-state index in [0.29, 0.717) is 34.6 Å². The SMILES string of the molecule is CC[C@H]1O[C@@H](n2cnc3c(N)nc(CC[C@H]4O[C@@H](n5cnc6c(N)ncnc65)C(O)C4(C)O)nc32)C(C)(O)C1O. The predicted molar refractivity (Wildman–Crippen MR) is 139 cm³/mol. The molecular formula is C24H32N10O6. The fraction of sp³-hybridized carbons (Fsp3) is 0.583. The number of ether oxygens (including phenoxy) is 2. The zero-order valence-corrected chi connectivity index (χ0v) is 22.2. The van der Waals surface area contributed by atoms with E-state index in [1.807, 2.05) is 6.92 Å². The Balaban J connectivity index is 1.26. The standard InChI is InChI=1S/C24H32N10O6/c1-4-10-15(35)24(3,38)22(39-10)34-9-30-14-18(26)31-12(32-20(14)34)6-5-11-23(2,37)16(36)21(40-11)33-8-29-13-17(25)27-7-28-19(13)33/h7-11,15-16,21-22,35-38H,4-6H2,1-3H3,(H2,25,27,28)(H2,26,31,32)/t10-,11-,15?,16?,21-,22-,23?,24?/m1/s1. The van der Waals surface area contributed by atoms with Gasteiger partial charge in [0.2, 0.25) is 0 Å². The molecule has 6 rings (SSSR count). The Morgan fingerprint density at radius 1 is 0.875 bits per heavy atom. The van der Waals surface area contributed by atoms with Gasteiger partial charge in [0.25, 0.3) is 0 Å². The van der Waals surface area contributed by atoms with Gasteiger partial charge in [-0.05, 0) is 26.7 Å². The van der Waals surface area contributed by atoms with Crippen LogP contribution in [0.2, 0.25) is 0 Å². The monoisotopic (exact) mass is 556 g/mol. The highest BCUT2D eigenvalue weighted by atomic mass is 16.6. The lowest BCUT2D eigenvalue weighted by Gasteiger charge is -2.27. The van der Waals surface area contributed by atoms with E-state index in [1.54, 1.807) is 0 Å². The molecule has 0 bridgehead atoms. The van der Waals surface area contributed by atoms with E-state index in [-0.39, 0.29) is 24.5 Å². The van der Waals surface area contributed by atoms with Crippen LogP contribution >= 0.6 is 0 Å². The fourth-order valence-electron chi connectivity index (χ4n) is 5.59. The lowest BCUT2D eigenvalue weighted by atomic mass is 9.91. The van der Waals surface area contributed by atoms with Gasteiger partial charge in [-0.2, -0.15) is 0 Å². The normalized spacial score (nSPS) is 34.4. The first kappa shape index (κ1) is 26.7. The van der Waals surface area contributed by atoms with Crippen molar-refractivity contribution in [2.75, 3.05) is 11.5 Å². The first-order chi connectivity index (χ1) is 18.9. The third kappa shape index (κ3) is 3.90. The average molecular weight is 557 g/mol. The quantitative estimate of drug-likeness (QED) is 0.170. The second-order valence-corrected chi connectivity index (χ2v) is 10.8. The molecule has 6 heterocycles. The van der Waals surface area contributed by atoms with Crippen molar-refractivity contribution >= 4 is 34.0 Å². The molecule has 4 aromatic rings. The highest BCUT2D eigenvalue weighted by Crippen LogP contribution is 2.42. The molecule has 4 unspecified atom stereocenters. The molecular weight excluding hydrogens is 524 g/mol. The van der Waals surface area contributed by atoms with Crippen LogP contribution < -0.4 is 11.5 Å². The van der Waals surface area contributed by atoms with Gasteiger partial charge in [-0.15, -0.1) is 0 Å². The summed E-state index contributed by atoms with van der Waals surface area (Å²) in [6.07, 6.45) is -0.572. The molecule has 16 heteroatoms. The maximum Gasteiger partial charge on any atom is 0.168 e. The molecule has 214 valence electrons. The van der Waals surface area contributed by atoms with Gasteiger partial charge in [0.1, 0.15) is 46.6 Å². The molecule has 2 fully saturated rings. The lowest BCUT2D eigenvalue weighted by Crippen LogP contribution is -2.44. The van der Waals surface area contributed by atoms with Gasteiger partial charge >= 0.3 is 0 Å². The number of aromatic nitrogens is 8. The van der Waals surface area contributed by atoms with Gasteiger partial charge in [0.05, 0.1) is 24.9 Å². The number of nitrogen functional groups attached to an aromatic ring is 2. The predicted octanol–water partition coefficient (Wildman–Crippen LogP) is -0.808. The Morgan fingerprint density at radius 3 is 2.27 bits per heavy atom. The summed E-state index contributed by atoms with van der Waals surface area (Å²) in [5, 5.41) is 43.8. The van der Waals surface area contributed by atoms with E-state index < -0.39 is 48.1 Å². The lowest BCUT2D eigenvalue weighted by molar-refractivity contribution is -0.0940. The van der Waals surface area contributed by atoms with Crippen LogP contribution in [0.4, 0.5) is 11.6 Å². The van der Waals surface area contributed by atoms with Crippen molar-refractivity contribution < 1.29 is 29.9 Å². The Morgan fingerprint density at radius 2 is 1.57 bits per heavy atom. The summed E-state index contributed by atoms with van der Waals surface area (Å²) in [6.45, 7) is 4.85. The van der Waals surface area contributed by atoms with Crippen LogP contribution in [-0.2, 0) is 15.9 Å². The minimum atomic E-state index is -1.63. The van der Waals surface area contributed by atoms with Gasteiger partial charge in [-0.1, -0.05) is 6.92 Å². The van der Waals surface area contributed by atoms with Crippen molar-refractivity contribution in [3.05, 3.63) is 24.8 Å². The molecule has 0 saturated carbocycles. The van der Waals surface area contributed by atoms with E-state index in [0.717, 1.165) is 0 Å². The Kier molecular flexibility index (Phi) is 6.17. The van der Waals surface area contributed by atoms with Crippen molar-refractivity contribution in [1.82, 2.24) is 39.0 Å². The summed E-state index contributed by atoms with van der Waals surface area (Å²) in [4.78, 5) is 25.6. The van der Waals surface area contributed by atoms with E-state index in [1.165, 1.54) is 42.0 Å². The topological polar surface area (TPSA) is 239 Å². The molecule has 40 heavy (non-hydrogen) atoms. The average Bonchev–Trinajstić information content (AvgIpc) is 3.63. The van der Waals surface area contributed by atoms with Crippen LogP contribution in [0.15, 0.2) is 19.0 Å². The molecule has 2 aliphatic heterocycles. The molecule has 0 amide bonds. The molecule has 4 aromatic heterocycles. The van der Waals surface area contributed by atoms with Crippen molar-refractivity contribution in [3.63, 3.8) is 0 Å². The summed E-state index contributed by atoms with van der Waals surface area (Å²) in [5.41, 5.74) is 10.2. The zero-order chi connectivity index (χ0) is 28.6. The molecule has 0 radical (unpaired) electrons. The second kappa shape index (κ2) is 9.25. The van der Waals surface area contributed by atoms with E-state index in [4.69, 9.17) is 20.9 Å². The minimum absolute atomic E-state index is 0.128. The number of aliphatic hydroxyl groups excluding tert-OH is 2. The maximum atomic E-state index is 11.2. The number of nitrogens with two attached hydrogens (primary N) is 2. The highest BCUT2D eigenvalue weighted by Gasteiger charge is 2.54. The van der Waals surface area contributed by atoms with Crippen LogP contribution in [-0.4, -0.2) is 95.1 Å². The van der Waals surface area contributed by atoms with Crippen molar-refractivity contribution in [3.8, 4) is 0 Å². The molecule has 8 atom stereocenters.